The van der Waals surface area contributed by atoms with E-state index in [1.807, 2.05) is 30.3 Å². The number of benzene rings is 2. The largest absolute Gasteiger partial charge is 0.298 e. The number of para-hydroxylation sites is 1. The molecule has 5 heteroatoms. The third-order valence-corrected chi connectivity index (χ3v) is 3.13. The second-order valence-electron chi connectivity index (χ2n) is 4.20. The molecule has 1 aromatic heterocycles. The van der Waals surface area contributed by atoms with E-state index in [9.17, 15) is 4.79 Å². The molecule has 4 nitrogen and oxygen atoms in total. The standard InChI is InChI=1S/C15H10ClN3O/c16-15-14(12-8-6-11(10-20)7-9-12)17-19(18-15)13-4-2-1-3-5-13/h1-10H. The van der Waals surface area contributed by atoms with Gasteiger partial charge in [0.05, 0.1) is 5.69 Å². The number of hydrogen-bond acceptors (Lipinski definition) is 3. The highest BCUT2D eigenvalue weighted by Crippen LogP contribution is 2.25. The molecule has 0 atom stereocenters. The Balaban J connectivity index is 2.02. The van der Waals surface area contributed by atoms with Gasteiger partial charge in [-0.05, 0) is 12.1 Å². The molecule has 0 saturated carbocycles. The maximum atomic E-state index is 10.7. The third-order valence-electron chi connectivity index (χ3n) is 2.88. The summed E-state index contributed by atoms with van der Waals surface area (Å²) in [6, 6.07) is 16.6. The van der Waals surface area contributed by atoms with Gasteiger partial charge in [0.1, 0.15) is 12.0 Å². The van der Waals surface area contributed by atoms with Crippen LogP contribution in [0.3, 0.4) is 0 Å². The van der Waals surface area contributed by atoms with Crippen molar-refractivity contribution >= 4 is 17.9 Å². The number of hydrogen-bond donors (Lipinski definition) is 0. The summed E-state index contributed by atoms with van der Waals surface area (Å²) in [5, 5.41) is 8.92. The van der Waals surface area contributed by atoms with Gasteiger partial charge >= 0.3 is 0 Å². The molecular weight excluding hydrogens is 274 g/mol. The summed E-state index contributed by atoms with van der Waals surface area (Å²) >= 11 is 6.14. The monoisotopic (exact) mass is 283 g/mol. The van der Waals surface area contributed by atoms with E-state index in [0.717, 1.165) is 17.5 Å². The highest BCUT2D eigenvalue weighted by molar-refractivity contribution is 6.31. The van der Waals surface area contributed by atoms with Gasteiger partial charge in [0.2, 0.25) is 0 Å². The lowest BCUT2D eigenvalue weighted by atomic mass is 10.1. The van der Waals surface area contributed by atoms with Crippen molar-refractivity contribution in [2.24, 2.45) is 0 Å². The summed E-state index contributed by atoms with van der Waals surface area (Å²) in [5.74, 6) is 0. The van der Waals surface area contributed by atoms with Crippen LogP contribution in [0.5, 0.6) is 0 Å². The molecule has 0 radical (unpaired) electrons. The maximum Gasteiger partial charge on any atom is 0.179 e. The minimum Gasteiger partial charge on any atom is -0.298 e. The summed E-state index contributed by atoms with van der Waals surface area (Å²) in [6.07, 6.45) is 0.798. The smallest absolute Gasteiger partial charge is 0.179 e. The molecule has 0 amide bonds. The molecule has 0 saturated heterocycles. The van der Waals surface area contributed by atoms with Crippen LogP contribution in [0.1, 0.15) is 10.4 Å². The van der Waals surface area contributed by atoms with Crippen LogP contribution >= 0.6 is 11.6 Å². The van der Waals surface area contributed by atoms with Gasteiger partial charge in [0.25, 0.3) is 0 Å². The van der Waals surface area contributed by atoms with E-state index in [1.165, 1.54) is 4.80 Å². The summed E-state index contributed by atoms with van der Waals surface area (Å²) in [4.78, 5) is 12.1. The molecule has 0 N–H and O–H groups in total. The molecule has 0 unspecified atom stereocenters. The van der Waals surface area contributed by atoms with Crippen molar-refractivity contribution in [2.75, 3.05) is 0 Å². The molecule has 0 aliphatic heterocycles. The average molecular weight is 284 g/mol. The highest BCUT2D eigenvalue weighted by atomic mass is 35.5. The minimum absolute atomic E-state index is 0.327. The number of halogens is 1. The van der Waals surface area contributed by atoms with Crippen LogP contribution < -0.4 is 0 Å². The van der Waals surface area contributed by atoms with Gasteiger partial charge in [0, 0.05) is 11.1 Å². The van der Waals surface area contributed by atoms with Gasteiger partial charge in [-0.2, -0.15) is 0 Å². The zero-order valence-electron chi connectivity index (χ0n) is 10.4. The fourth-order valence-electron chi connectivity index (χ4n) is 1.86. The number of aromatic nitrogens is 3. The van der Waals surface area contributed by atoms with Gasteiger partial charge in [-0.25, -0.2) is 0 Å². The Kier molecular flexibility index (Phi) is 3.31. The summed E-state index contributed by atoms with van der Waals surface area (Å²) in [7, 11) is 0. The summed E-state index contributed by atoms with van der Waals surface area (Å²) in [6.45, 7) is 0. The Morgan fingerprint density at radius 3 is 2.30 bits per heavy atom. The van der Waals surface area contributed by atoms with E-state index in [2.05, 4.69) is 10.2 Å². The van der Waals surface area contributed by atoms with Crippen LogP contribution in [0.25, 0.3) is 16.9 Å². The fraction of sp³-hybridized carbons (Fsp3) is 0. The number of rotatable bonds is 3. The lowest BCUT2D eigenvalue weighted by molar-refractivity contribution is 0.112. The van der Waals surface area contributed by atoms with E-state index in [0.29, 0.717) is 16.4 Å². The molecule has 3 aromatic rings. The van der Waals surface area contributed by atoms with Crippen molar-refractivity contribution in [3.8, 4) is 16.9 Å². The van der Waals surface area contributed by atoms with Crippen molar-refractivity contribution in [3.63, 3.8) is 0 Å². The fourth-order valence-corrected chi connectivity index (χ4v) is 2.08. The van der Waals surface area contributed by atoms with E-state index < -0.39 is 0 Å². The van der Waals surface area contributed by atoms with Crippen LogP contribution in [-0.4, -0.2) is 21.3 Å². The Morgan fingerprint density at radius 2 is 1.65 bits per heavy atom. The van der Waals surface area contributed by atoms with Crippen LogP contribution in [0, 0.1) is 0 Å². The Morgan fingerprint density at radius 1 is 0.950 bits per heavy atom. The quantitative estimate of drug-likeness (QED) is 0.692. The van der Waals surface area contributed by atoms with Crippen LogP contribution in [0.15, 0.2) is 54.6 Å². The molecule has 0 aliphatic rings. The number of carbonyl (C=O) groups is 1. The van der Waals surface area contributed by atoms with Crippen molar-refractivity contribution in [1.29, 1.82) is 0 Å². The molecule has 0 spiro atoms. The molecule has 0 aliphatic carbocycles. The van der Waals surface area contributed by atoms with E-state index in [4.69, 9.17) is 11.6 Å². The number of carbonyl (C=O) groups excluding carboxylic acids is 1. The lowest BCUT2D eigenvalue weighted by Gasteiger charge is -1.98. The van der Waals surface area contributed by atoms with Crippen LogP contribution in [-0.2, 0) is 0 Å². The Bertz CT molecular complexity index is 736. The molecule has 0 bridgehead atoms. The predicted molar refractivity (Wildman–Crippen MR) is 77.2 cm³/mol. The molecule has 3 rings (SSSR count). The second-order valence-corrected chi connectivity index (χ2v) is 4.56. The Labute approximate surface area is 120 Å². The SMILES string of the molecule is O=Cc1ccc(-c2nn(-c3ccccc3)nc2Cl)cc1. The van der Waals surface area contributed by atoms with Gasteiger partial charge in [-0.1, -0.05) is 54.1 Å². The molecule has 98 valence electrons. The third kappa shape index (κ3) is 2.33. The topological polar surface area (TPSA) is 47.8 Å². The van der Waals surface area contributed by atoms with E-state index in [1.54, 1.807) is 24.3 Å². The zero-order chi connectivity index (χ0) is 13.9. The first-order valence-electron chi connectivity index (χ1n) is 6.02. The highest BCUT2D eigenvalue weighted by Gasteiger charge is 2.12. The van der Waals surface area contributed by atoms with Gasteiger partial charge in [-0.15, -0.1) is 15.0 Å². The van der Waals surface area contributed by atoms with Gasteiger partial charge in [0.15, 0.2) is 5.15 Å². The second kappa shape index (κ2) is 5.27. The van der Waals surface area contributed by atoms with Crippen molar-refractivity contribution in [3.05, 3.63) is 65.3 Å². The molecule has 2 aromatic carbocycles. The first kappa shape index (κ1) is 12.6. The normalized spacial score (nSPS) is 10.4. The molecule has 1 heterocycles. The summed E-state index contributed by atoms with van der Waals surface area (Å²) in [5.41, 5.74) is 2.86. The van der Waals surface area contributed by atoms with E-state index >= 15 is 0 Å². The first-order chi connectivity index (χ1) is 9.78. The average Bonchev–Trinajstić information content (AvgIpc) is 2.90. The van der Waals surface area contributed by atoms with Crippen molar-refractivity contribution < 1.29 is 4.79 Å². The van der Waals surface area contributed by atoms with Crippen LogP contribution in [0.4, 0.5) is 0 Å². The zero-order valence-corrected chi connectivity index (χ0v) is 11.2. The predicted octanol–water partition coefficient (Wildman–Crippen LogP) is 3.40. The molecular formula is C15H10ClN3O. The molecule has 20 heavy (non-hydrogen) atoms. The first-order valence-corrected chi connectivity index (χ1v) is 6.39. The van der Waals surface area contributed by atoms with Crippen LogP contribution in [0.2, 0.25) is 5.15 Å². The van der Waals surface area contributed by atoms with Crippen molar-refractivity contribution in [2.45, 2.75) is 0 Å². The number of nitrogens with zero attached hydrogens (tertiary/aromatic N) is 3. The Hall–Kier alpha value is -2.46. The lowest BCUT2D eigenvalue weighted by Crippen LogP contribution is -1.97. The van der Waals surface area contributed by atoms with Crippen molar-refractivity contribution in [1.82, 2.24) is 15.0 Å². The molecule has 0 fully saturated rings. The van der Waals surface area contributed by atoms with Gasteiger partial charge in [-0.3, -0.25) is 4.79 Å². The maximum absolute atomic E-state index is 10.7. The summed E-state index contributed by atoms with van der Waals surface area (Å²) < 4.78 is 0. The minimum atomic E-state index is 0.327. The van der Waals surface area contributed by atoms with Gasteiger partial charge < -0.3 is 0 Å². The van der Waals surface area contributed by atoms with E-state index in [-0.39, 0.29) is 0 Å². The number of aldehydes is 1.